The van der Waals surface area contributed by atoms with Gasteiger partial charge in [0.1, 0.15) is 17.4 Å². The molecular formula is C15H20ClNO3S. The van der Waals surface area contributed by atoms with Gasteiger partial charge >= 0.3 is 0 Å². The summed E-state index contributed by atoms with van der Waals surface area (Å²) >= 11 is 7.55. The smallest absolute Gasteiger partial charge is 0.154 e. The molecular weight excluding hydrogens is 310 g/mol. The average Bonchev–Trinajstić information content (AvgIpc) is 2.89. The van der Waals surface area contributed by atoms with Gasteiger partial charge in [-0.3, -0.25) is 0 Å². The summed E-state index contributed by atoms with van der Waals surface area (Å²) in [5.74, 6) is 2.13. The van der Waals surface area contributed by atoms with Crippen molar-refractivity contribution in [2.45, 2.75) is 24.7 Å². The number of thioether (sulfide) groups is 1. The van der Waals surface area contributed by atoms with Gasteiger partial charge in [-0.25, -0.2) is 0 Å². The van der Waals surface area contributed by atoms with E-state index < -0.39 is 0 Å². The molecule has 1 aliphatic rings. The van der Waals surface area contributed by atoms with E-state index in [-0.39, 0.29) is 5.60 Å². The molecule has 0 aromatic heterocycles. The zero-order chi connectivity index (χ0) is 15.1. The first-order valence-corrected chi connectivity index (χ1v) is 8.32. The summed E-state index contributed by atoms with van der Waals surface area (Å²) in [7, 11) is 1.66. The molecule has 1 aromatic carbocycles. The fraction of sp³-hybridized carbons (Fsp3) is 0.533. The molecule has 1 unspecified atom stereocenters. The van der Waals surface area contributed by atoms with Crippen LogP contribution in [0.15, 0.2) is 29.4 Å². The number of para-hydroxylation sites is 1. The minimum absolute atomic E-state index is 0.363. The molecule has 4 nitrogen and oxygen atoms in total. The molecule has 0 spiro atoms. The SMILES string of the molecule is COCCOc1ccccc1CSC1=NOC(C)(CCl)C1. The van der Waals surface area contributed by atoms with Crippen molar-refractivity contribution in [2.75, 3.05) is 26.2 Å². The Morgan fingerprint density at radius 1 is 1.38 bits per heavy atom. The van der Waals surface area contributed by atoms with Crippen LogP contribution in [0.2, 0.25) is 0 Å². The lowest BCUT2D eigenvalue weighted by molar-refractivity contribution is 0.0152. The molecule has 1 aromatic rings. The molecule has 6 heteroatoms. The van der Waals surface area contributed by atoms with Crippen LogP contribution in [0, 0.1) is 0 Å². The molecule has 21 heavy (non-hydrogen) atoms. The lowest BCUT2D eigenvalue weighted by Gasteiger charge is -2.16. The number of rotatable bonds is 7. The third-order valence-corrected chi connectivity index (χ3v) is 4.66. The monoisotopic (exact) mass is 329 g/mol. The Labute approximate surface area is 134 Å². The number of methoxy groups -OCH3 is 1. The molecule has 0 fully saturated rings. The van der Waals surface area contributed by atoms with Gasteiger partial charge in [0, 0.05) is 24.8 Å². The number of nitrogens with zero attached hydrogens (tertiary/aromatic N) is 1. The number of hydrogen-bond donors (Lipinski definition) is 0. The second-order valence-corrected chi connectivity index (χ2v) is 6.39. The summed E-state index contributed by atoms with van der Waals surface area (Å²) in [4.78, 5) is 5.39. The molecule has 0 radical (unpaired) electrons. The van der Waals surface area contributed by atoms with Crippen LogP contribution in [0.25, 0.3) is 0 Å². The number of benzene rings is 1. The van der Waals surface area contributed by atoms with E-state index >= 15 is 0 Å². The van der Waals surface area contributed by atoms with Crippen LogP contribution >= 0.6 is 23.4 Å². The van der Waals surface area contributed by atoms with E-state index in [1.807, 2.05) is 25.1 Å². The van der Waals surface area contributed by atoms with Crippen LogP contribution in [-0.2, 0) is 15.3 Å². The van der Waals surface area contributed by atoms with Crippen molar-refractivity contribution >= 4 is 28.4 Å². The third-order valence-electron chi connectivity index (χ3n) is 3.09. The van der Waals surface area contributed by atoms with Crippen molar-refractivity contribution in [3.63, 3.8) is 0 Å². The lowest BCUT2D eigenvalue weighted by atomic mass is 10.1. The summed E-state index contributed by atoms with van der Waals surface area (Å²) in [6.45, 7) is 3.10. The van der Waals surface area contributed by atoms with E-state index in [2.05, 4.69) is 11.2 Å². The fourth-order valence-corrected chi connectivity index (χ4v) is 3.06. The van der Waals surface area contributed by atoms with Crippen molar-refractivity contribution in [3.05, 3.63) is 29.8 Å². The third kappa shape index (κ3) is 4.80. The number of hydrogen-bond acceptors (Lipinski definition) is 5. The summed E-state index contributed by atoms with van der Waals surface area (Å²) in [5.41, 5.74) is 0.777. The molecule has 1 heterocycles. The van der Waals surface area contributed by atoms with Gasteiger partial charge in [0.15, 0.2) is 5.60 Å². The normalized spacial score (nSPS) is 21.0. The predicted molar refractivity (Wildman–Crippen MR) is 87.4 cm³/mol. The average molecular weight is 330 g/mol. The van der Waals surface area contributed by atoms with Gasteiger partial charge in [-0.15, -0.1) is 23.4 Å². The Morgan fingerprint density at radius 2 is 2.19 bits per heavy atom. The highest BCUT2D eigenvalue weighted by Gasteiger charge is 2.33. The first-order chi connectivity index (χ1) is 10.2. The standard InChI is InChI=1S/C15H20ClNO3S/c1-15(11-16)9-14(17-20-15)21-10-12-5-3-4-6-13(12)19-8-7-18-2/h3-6H,7-11H2,1-2H3. The zero-order valence-electron chi connectivity index (χ0n) is 12.3. The van der Waals surface area contributed by atoms with E-state index in [1.165, 1.54) is 0 Å². The van der Waals surface area contributed by atoms with Crippen LogP contribution in [-0.4, -0.2) is 36.8 Å². The zero-order valence-corrected chi connectivity index (χ0v) is 13.9. The Kier molecular flexibility index (Phi) is 6.21. The molecule has 1 atom stereocenters. The van der Waals surface area contributed by atoms with Crippen LogP contribution in [0.4, 0.5) is 0 Å². The second-order valence-electron chi connectivity index (χ2n) is 5.07. The number of alkyl halides is 1. The second kappa shape index (κ2) is 7.92. The quantitative estimate of drug-likeness (QED) is 0.565. The van der Waals surface area contributed by atoms with Crippen LogP contribution in [0.5, 0.6) is 5.75 Å². The van der Waals surface area contributed by atoms with E-state index in [9.17, 15) is 0 Å². The topological polar surface area (TPSA) is 40.0 Å². The minimum atomic E-state index is -0.363. The Bertz CT molecular complexity index is 498. The van der Waals surface area contributed by atoms with Crippen molar-refractivity contribution in [1.29, 1.82) is 0 Å². The highest BCUT2D eigenvalue weighted by Crippen LogP contribution is 2.32. The molecule has 0 bridgehead atoms. The maximum Gasteiger partial charge on any atom is 0.154 e. The van der Waals surface area contributed by atoms with Gasteiger partial charge in [-0.2, -0.15) is 0 Å². The summed E-state index contributed by atoms with van der Waals surface area (Å²) in [6.07, 6.45) is 0.758. The van der Waals surface area contributed by atoms with E-state index in [1.54, 1.807) is 18.9 Å². The fourth-order valence-electron chi connectivity index (χ4n) is 1.85. The first kappa shape index (κ1) is 16.5. The van der Waals surface area contributed by atoms with Crippen LogP contribution < -0.4 is 4.74 Å². The highest BCUT2D eigenvalue weighted by atomic mass is 35.5. The highest BCUT2D eigenvalue weighted by molar-refractivity contribution is 8.13. The predicted octanol–water partition coefficient (Wildman–Crippen LogP) is 3.68. The summed E-state index contributed by atoms with van der Waals surface area (Å²) < 4.78 is 10.7. The molecule has 1 aliphatic heterocycles. The largest absolute Gasteiger partial charge is 0.491 e. The molecule has 0 aliphatic carbocycles. The summed E-state index contributed by atoms with van der Waals surface area (Å²) in [6, 6.07) is 8.01. The van der Waals surface area contributed by atoms with E-state index in [4.69, 9.17) is 25.9 Å². The van der Waals surface area contributed by atoms with Crippen molar-refractivity contribution < 1.29 is 14.3 Å². The Balaban J connectivity index is 1.89. The molecule has 0 amide bonds. The van der Waals surface area contributed by atoms with Crippen LogP contribution in [0.3, 0.4) is 0 Å². The minimum Gasteiger partial charge on any atom is -0.491 e. The van der Waals surface area contributed by atoms with Crippen molar-refractivity contribution in [2.24, 2.45) is 5.16 Å². The van der Waals surface area contributed by atoms with Gasteiger partial charge in [-0.05, 0) is 13.0 Å². The molecule has 116 valence electrons. The molecule has 0 saturated heterocycles. The maximum atomic E-state index is 5.89. The number of oxime groups is 1. The molecule has 0 N–H and O–H groups in total. The molecule has 0 saturated carbocycles. The van der Waals surface area contributed by atoms with E-state index in [0.717, 1.165) is 28.5 Å². The van der Waals surface area contributed by atoms with Crippen LogP contribution in [0.1, 0.15) is 18.9 Å². The number of halogens is 1. The van der Waals surface area contributed by atoms with Crippen molar-refractivity contribution in [3.8, 4) is 5.75 Å². The Hall–Kier alpha value is -0.910. The lowest BCUT2D eigenvalue weighted by Crippen LogP contribution is -2.26. The van der Waals surface area contributed by atoms with Gasteiger partial charge in [0.25, 0.3) is 0 Å². The van der Waals surface area contributed by atoms with Crippen molar-refractivity contribution in [1.82, 2.24) is 0 Å². The van der Waals surface area contributed by atoms with Gasteiger partial charge in [-0.1, -0.05) is 23.4 Å². The van der Waals surface area contributed by atoms with Gasteiger partial charge in [0.2, 0.25) is 0 Å². The number of ether oxygens (including phenoxy) is 2. The first-order valence-electron chi connectivity index (χ1n) is 6.80. The van der Waals surface area contributed by atoms with E-state index in [0.29, 0.717) is 19.1 Å². The van der Waals surface area contributed by atoms with Gasteiger partial charge < -0.3 is 14.3 Å². The maximum absolute atomic E-state index is 5.89. The van der Waals surface area contributed by atoms with Gasteiger partial charge in [0.05, 0.1) is 12.5 Å². The molecule has 2 rings (SSSR count). The Morgan fingerprint density at radius 3 is 2.90 bits per heavy atom. The summed E-state index contributed by atoms with van der Waals surface area (Å²) in [5, 5.41) is 5.09.